The Morgan fingerprint density at radius 1 is 1.33 bits per heavy atom. The van der Waals surface area contributed by atoms with Gasteiger partial charge in [0.15, 0.2) is 9.84 Å². The number of aliphatic hydroxyl groups excluding tert-OH is 1. The molecule has 1 saturated heterocycles. The van der Waals surface area contributed by atoms with Crippen molar-refractivity contribution in [3.8, 4) is 0 Å². The van der Waals surface area contributed by atoms with E-state index in [9.17, 15) is 18.3 Å². The third-order valence-corrected chi connectivity index (χ3v) is 5.10. The number of ether oxygens (including phenoxy) is 1. The highest BCUT2D eigenvalue weighted by atomic mass is 32.2. The number of benzene rings is 1. The molecule has 0 bridgehead atoms. The van der Waals surface area contributed by atoms with Crippen LogP contribution in [0, 0.1) is 6.92 Å². The van der Waals surface area contributed by atoms with Gasteiger partial charge in [-0.25, -0.2) is 13.2 Å². The van der Waals surface area contributed by atoms with E-state index in [1.54, 1.807) is 19.1 Å². The fourth-order valence-corrected chi connectivity index (χ4v) is 4.16. The molecule has 6 nitrogen and oxygen atoms in total. The van der Waals surface area contributed by atoms with E-state index in [4.69, 9.17) is 4.74 Å². The van der Waals surface area contributed by atoms with Crippen molar-refractivity contribution in [1.82, 2.24) is 0 Å². The van der Waals surface area contributed by atoms with Crippen LogP contribution in [0.4, 0.5) is 10.5 Å². The third kappa shape index (κ3) is 3.54. The van der Waals surface area contributed by atoms with Crippen LogP contribution in [0.1, 0.15) is 12.5 Å². The van der Waals surface area contributed by atoms with Crippen molar-refractivity contribution in [2.75, 3.05) is 23.0 Å². The lowest BCUT2D eigenvalue weighted by molar-refractivity contribution is 0.141. The van der Waals surface area contributed by atoms with Gasteiger partial charge in [-0.1, -0.05) is 17.7 Å². The number of hydrogen-bond acceptors (Lipinski definition) is 5. The molecule has 1 fully saturated rings. The van der Waals surface area contributed by atoms with Crippen LogP contribution in [-0.4, -0.2) is 49.9 Å². The number of carbonyl (C=O) groups is 1. The maximum absolute atomic E-state index is 12.2. The molecule has 0 spiro atoms. The van der Waals surface area contributed by atoms with E-state index < -0.39 is 28.1 Å². The Morgan fingerprint density at radius 3 is 2.43 bits per heavy atom. The summed E-state index contributed by atoms with van der Waals surface area (Å²) in [5.41, 5.74) is 1.53. The molecule has 0 aromatic heterocycles. The Kier molecular flexibility index (Phi) is 4.53. The molecular formula is C14H19NO5S. The Labute approximate surface area is 124 Å². The Balaban J connectivity index is 2.37. The van der Waals surface area contributed by atoms with Crippen LogP contribution >= 0.6 is 0 Å². The lowest BCUT2D eigenvalue weighted by atomic mass is 10.1. The van der Waals surface area contributed by atoms with E-state index in [0.29, 0.717) is 5.69 Å². The zero-order valence-corrected chi connectivity index (χ0v) is 12.8. The molecule has 2 rings (SSSR count). The fraction of sp³-hybridized carbons (Fsp3) is 0.500. The van der Waals surface area contributed by atoms with Gasteiger partial charge in [0.1, 0.15) is 0 Å². The van der Waals surface area contributed by atoms with Crippen LogP contribution in [0.2, 0.25) is 0 Å². The van der Waals surface area contributed by atoms with Crippen LogP contribution in [0.3, 0.4) is 0 Å². The van der Waals surface area contributed by atoms with E-state index in [2.05, 4.69) is 0 Å². The van der Waals surface area contributed by atoms with Gasteiger partial charge < -0.3 is 9.84 Å². The van der Waals surface area contributed by atoms with Gasteiger partial charge in [-0.15, -0.1) is 0 Å². The van der Waals surface area contributed by atoms with E-state index in [1.165, 1.54) is 4.90 Å². The Hall–Kier alpha value is -1.60. The van der Waals surface area contributed by atoms with Crippen molar-refractivity contribution < 1.29 is 23.1 Å². The first-order valence-electron chi connectivity index (χ1n) is 6.75. The largest absolute Gasteiger partial charge is 0.449 e. The SMILES string of the molecule is CCOC(=O)N(c1ccc(C)cc1)[C@H]1CS(=O)(=O)C[C@@H]1O. The molecule has 1 aliphatic heterocycles. The van der Waals surface area contributed by atoms with E-state index in [0.717, 1.165) is 5.56 Å². The van der Waals surface area contributed by atoms with Crippen molar-refractivity contribution in [2.24, 2.45) is 0 Å². The molecular weight excluding hydrogens is 294 g/mol. The number of aliphatic hydroxyl groups is 1. The molecule has 0 unspecified atom stereocenters. The summed E-state index contributed by atoms with van der Waals surface area (Å²) in [6.07, 6.45) is -1.76. The van der Waals surface area contributed by atoms with Crippen molar-refractivity contribution >= 4 is 21.6 Å². The van der Waals surface area contributed by atoms with Gasteiger partial charge in [-0.3, -0.25) is 4.90 Å². The molecule has 21 heavy (non-hydrogen) atoms. The first kappa shape index (κ1) is 15.8. The van der Waals surface area contributed by atoms with Crippen LogP contribution < -0.4 is 4.90 Å². The average molecular weight is 313 g/mol. The second kappa shape index (κ2) is 6.03. The number of sulfone groups is 1. The van der Waals surface area contributed by atoms with E-state index in [1.807, 2.05) is 19.1 Å². The summed E-state index contributed by atoms with van der Waals surface area (Å²) in [4.78, 5) is 13.4. The zero-order valence-electron chi connectivity index (χ0n) is 12.0. The standard InChI is InChI=1S/C14H19NO5S/c1-3-20-14(17)15(11-6-4-10(2)5-7-11)12-8-21(18,19)9-13(12)16/h4-7,12-13,16H,3,8-9H2,1-2H3/t12-,13-/m0/s1. The molecule has 1 aromatic carbocycles. The third-order valence-electron chi connectivity index (χ3n) is 3.40. The van der Waals surface area contributed by atoms with Gasteiger partial charge in [-0.2, -0.15) is 0 Å². The minimum atomic E-state index is -3.35. The van der Waals surface area contributed by atoms with Crippen molar-refractivity contribution in [3.05, 3.63) is 29.8 Å². The molecule has 7 heteroatoms. The molecule has 2 atom stereocenters. The van der Waals surface area contributed by atoms with Crippen molar-refractivity contribution in [1.29, 1.82) is 0 Å². The Morgan fingerprint density at radius 2 is 1.95 bits per heavy atom. The number of aryl methyl sites for hydroxylation is 1. The number of amides is 1. The first-order chi connectivity index (χ1) is 9.84. The van der Waals surface area contributed by atoms with E-state index in [-0.39, 0.29) is 18.1 Å². The number of anilines is 1. The normalized spacial score (nSPS) is 23.8. The second-order valence-electron chi connectivity index (χ2n) is 5.12. The average Bonchev–Trinajstić information content (AvgIpc) is 2.66. The highest BCUT2D eigenvalue weighted by Gasteiger charge is 2.43. The van der Waals surface area contributed by atoms with E-state index >= 15 is 0 Å². The van der Waals surface area contributed by atoms with Crippen LogP contribution in [0.25, 0.3) is 0 Å². The highest BCUT2D eigenvalue weighted by Crippen LogP contribution is 2.26. The molecule has 0 saturated carbocycles. The quantitative estimate of drug-likeness (QED) is 0.904. The predicted octanol–water partition coefficient (Wildman–Crippen LogP) is 1.12. The maximum Gasteiger partial charge on any atom is 0.414 e. The van der Waals surface area contributed by atoms with Gasteiger partial charge in [0.2, 0.25) is 0 Å². The molecule has 0 aliphatic carbocycles. The summed E-state index contributed by atoms with van der Waals surface area (Å²) in [5, 5.41) is 10.00. The summed E-state index contributed by atoms with van der Waals surface area (Å²) >= 11 is 0. The van der Waals surface area contributed by atoms with Crippen LogP contribution in [0.5, 0.6) is 0 Å². The van der Waals surface area contributed by atoms with Gasteiger partial charge >= 0.3 is 6.09 Å². The van der Waals surface area contributed by atoms with Crippen molar-refractivity contribution in [3.63, 3.8) is 0 Å². The molecule has 116 valence electrons. The summed E-state index contributed by atoms with van der Waals surface area (Å²) in [7, 11) is -3.35. The highest BCUT2D eigenvalue weighted by molar-refractivity contribution is 7.91. The van der Waals surface area contributed by atoms with Gasteiger partial charge in [-0.05, 0) is 26.0 Å². The molecule has 1 N–H and O–H groups in total. The number of hydrogen-bond donors (Lipinski definition) is 1. The lowest BCUT2D eigenvalue weighted by Gasteiger charge is -2.29. The first-order valence-corrected chi connectivity index (χ1v) is 8.57. The topological polar surface area (TPSA) is 83.9 Å². The molecule has 1 aliphatic rings. The monoisotopic (exact) mass is 313 g/mol. The van der Waals surface area contributed by atoms with Crippen LogP contribution in [-0.2, 0) is 14.6 Å². The summed E-state index contributed by atoms with van der Waals surface area (Å²) in [6, 6.07) is 6.24. The summed E-state index contributed by atoms with van der Waals surface area (Å²) in [5.74, 6) is -0.597. The minimum absolute atomic E-state index is 0.177. The molecule has 1 heterocycles. The van der Waals surface area contributed by atoms with Gasteiger partial charge in [0.05, 0.1) is 30.3 Å². The second-order valence-corrected chi connectivity index (χ2v) is 7.27. The molecule has 0 radical (unpaired) electrons. The Bertz CT molecular complexity index is 611. The molecule has 1 aromatic rings. The molecule has 1 amide bonds. The maximum atomic E-state index is 12.2. The predicted molar refractivity (Wildman–Crippen MR) is 79.1 cm³/mol. The van der Waals surface area contributed by atoms with Gasteiger partial charge in [0.25, 0.3) is 0 Å². The summed E-state index contributed by atoms with van der Waals surface area (Å²) < 4.78 is 28.4. The number of carbonyl (C=O) groups excluding carboxylic acids is 1. The zero-order chi connectivity index (χ0) is 15.6. The lowest BCUT2D eigenvalue weighted by Crippen LogP contribution is -2.47. The number of nitrogens with zero attached hydrogens (tertiary/aromatic N) is 1. The summed E-state index contributed by atoms with van der Waals surface area (Å²) in [6.45, 7) is 3.76. The fourth-order valence-electron chi connectivity index (χ4n) is 2.39. The van der Waals surface area contributed by atoms with Gasteiger partial charge in [0, 0.05) is 5.69 Å². The number of rotatable bonds is 3. The minimum Gasteiger partial charge on any atom is -0.449 e. The smallest absolute Gasteiger partial charge is 0.414 e. The van der Waals surface area contributed by atoms with Crippen molar-refractivity contribution in [2.45, 2.75) is 26.0 Å². The van der Waals surface area contributed by atoms with Crippen LogP contribution in [0.15, 0.2) is 24.3 Å².